The molecule has 0 bridgehead atoms. The lowest BCUT2D eigenvalue weighted by Gasteiger charge is -2.36. The van der Waals surface area contributed by atoms with E-state index in [1.54, 1.807) is 0 Å². The molecule has 7 heteroatoms. The fourth-order valence-electron chi connectivity index (χ4n) is 4.37. The van der Waals surface area contributed by atoms with Gasteiger partial charge < -0.3 is 14.8 Å². The molecule has 3 N–H and O–H groups in total. The Morgan fingerprint density at radius 1 is 1.24 bits per heavy atom. The number of benzene rings is 1. The Morgan fingerprint density at radius 2 is 1.88 bits per heavy atom. The number of hydrogen-bond acceptors (Lipinski definition) is 6. The molecule has 0 radical (unpaired) electrons. The van der Waals surface area contributed by atoms with Crippen LogP contribution in [0.25, 0.3) is 17.0 Å². The summed E-state index contributed by atoms with van der Waals surface area (Å²) < 4.78 is 0. The molecule has 1 aromatic carbocycles. The topological polar surface area (TPSA) is 78.2 Å². The standard InChI is InChI=1S/C25H36N4O.C2H6.H3NS/c1-7-10-17(9-3)22-23(28(4)5)25(30)27-24(26-22)21-14-19(20-15-29(6)16-20)13-12-18(21)11-8-2;2*1-2/h9,12-14,20H,7-8,10-11,15-16H2,1-6H3,(H,26,27,30);1-2H3;2H,1H2. The first-order valence-electron chi connectivity index (χ1n) is 12.4. The van der Waals surface area contributed by atoms with Crippen LogP contribution >= 0.6 is 12.8 Å². The van der Waals surface area contributed by atoms with E-state index in [0.29, 0.717) is 17.4 Å². The summed E-state index contributed by atoms with van der Waals surface area (Å²) in [5.74, 6) is 1.25. The van der Waals surface area contributed by atoms with Gasteiger partial charge in [0.05, 0.1) is 5.69 Å². The molecule has 6 nitrogen and oxygen atoms in total. The van der Waals surface area contributed by atoms with Crippen molar-refractivity contribution in [3.05, 3.63) is 51.4 Å². The molecule has 1 aliphatic rings. The Bertz CT molecular complexity index is 977. The maximum absolute atomic E-state index is 13.1. The van der Waals surface area contributed by atoms with Crippen LogP contribution < -0.4 is 15.6 Å². The van der Waals surface area contributed by atoms with Gasteiger partial charge in [0.1, 0.15) is 11.5 Å². The lowest BCUT2D eigenvalue weighted by molar-refractivity contribution is 0.190. The monoisotopic (exact) mass is 487 g/mol. The van der Waals surface area contributed by atoms with E-state index in [4.69, 9.17) is 4.98 Å². The van der Waals surface area contributed by atoms with E-state index in [-0.39, 0.29) is 5.56 Å². The van der Waals surface area contributed by atoms with E-state index in [1.165, 1.54) is 11.1 Å². The highest BCUT2D eigenvalue weighted by molar-refractivity contribution is 7.77. The number of nitrogens with two attached hydrogens (primary N) is 1. The number of allylic oxidation sites excluding steroid dienone is 2. The van der Waals surface area contributed by atoms with Crippen molar-refractivity contribution in [3.63, 3.8) is 0 Å². The van der Waals surface area contributed by atoms with Gasteiger partial charge in [0.25, 0.3) is 5.56 Å². The van der Waals surface area contributed by atoms with Gasteiger partial charge in [-0.1, -0.05) is 58.7 Å². The van der Waals surface area contributed by atoms with Gasteiger partial charge in [-0.15, -0.1) is 12.8 Å². The number of likely N-dealkylation sites (N-methyl/N-ethyl adjacent to an activating group) is 1. The number of rotatable bonds is 8. The number of nitrogens with one attached hydrogen (secondary N) is 1. The molecular weight excluding hydrogens is 442 g/mol. The van der Waals surface area contributed by atoms with Crippen molar-refractivity contribution in [1.82, 2.24) is 14.9 Å². The lowest BCUT2D eigenvalue weighted by Crippen LogP contribution is -2.41. The van der Waals surface area contributed by atoms with Gasteiger partial charge in [0, 0.05) is 38.7 Å². The second-order valence-electron chi connectivity index (χ2n) is 8.65. The maximum Gasteiger partial charge on any atom is 0.275 e. The largest absolute Gasteiger partial charge is 0.371 e. The zero-order valence-corrected chi connectivity index (χ0v) is 23.3. The predicted molar refractivity (Wildman–Crippen MR) is 152 cm³/mol. The van der Waals surface area contributed by atoms with Crippen LogP contribution in [0.15, 0.2) is 29.1 Å². The normalized spacial score (nSPS) is 13.9. The molecule has 1 aromatic heterocycles. The van der Waals surface area contributed by atoms with E-state index in [9.17, 15) is 4.79 Å². The molecule has 1 saturated heterocycles. The first-order chi connectivity index (χ1) is 16.4. The van der Waals surface area contributed by atoms with Crippen molar-refractivity contribution < 1.29 is 0 Å². The smallest absolute Gasteiger partial charge is 0.275 e. The van der Waals surface area contributed by atoms with Crippen molar-refractivity contribution in [1.29, 1.82) is 0 Å². The summed E-state index contributed by atoms with van der Waals surface area (Å²) >= 11 is 3.03. The van der Waals surface area contributed by atoms with Crippen LogP contribution in [-0.2, 0) is 6.42 Å². The van der Waals surface area contributed by atoms with E-state index < -0.39 is 0 Å². The zero-order valence-electron chi connectivity index (χ0n) is 22.4. The number of hydrogen-bond donors (Lipinski definition) is 3. The average Bonchev–Trinajstić information content (AvgIpc) is 2.83. The maximum atomic E-state index is 13.1. The van der Waals surface area contributed by atoms with Crippen molar-refractivity contribution in [3.8, 4) is 11.4 Å². The third kappa shape index (κ3) is 7.20. The van der Waals surface area contributed by atoms with Crippen LogP contribution in [0.1, 0.15) is 76.6 Å². The first-order valence-corrected chi connectivity index (χ1v) is 13.0. The highest BCUT2D eigenvalue weighted by Crippen LogP contribution is 2.32. The van der Waals surface area contributed by atoms with Gasteiger partial charge in [-0.05, 0) is 49.6 Å². The quantitative estimate of drug-likeness (QED) is 0.428. The number of aryl methyl sites for hydroxylation is 1. The number of H-pyrrole nitrogens is 1. The number of anilines is 1. The Labute approximate surface area is 212 Å². The SMILES string of the molecule is CC.CC=C(CCC)c1nc(-c2cc(C3CN(C)C3)ccc2CCC)[nH]c(=O)c1N(C)C.NS. The van der Waals surface area contributed by atoms with Gasteiger partial charge in [-0.25, -0.2) is 4.98 Å². The summed E-state index contributed by atoms with van der Waals surface area (Å²) in [6.07, 6.45) is 6.04. The molecule has 2 aromatic rings. The van der Waals surface area contributed by atoms with Crippen molar-refractivity contribution in [2.45, 2.75) is 66.2 Å². The van der Waals surface area contributed by atoms with Gasteiger partial charge in [-0.2, -0.15) is 0 Å². The Morgan fingerprint density at radius 3 is 2.38 bits per heavy atom. The molecule has 0 aliphatic carbocycles. The molecule has 2 heterocycles. The van der Waals surface area contributed by atoms with E-state index in [2.05, 4.69) is 73.0 Å². The summed E-state index contributed by atoms with van der Waals surface area (Å²) in [6, 6.07) is 6.75. The highest BCUT2D eigenvalue weighted by Gasteiger charge is 2.26. The van der Waals surface area contributed by atoms with Crippen molar-refractivity contribution in [2.75, 3.05) is 39.1 Å². The molecule has 0 saturated carbocycles. The van der Waals surface area contributed by atoms with Crippen LogP contribution in [0.4, 0.5) is 5.69 Å². The lowest BCUT2D eigenvalue weighted by atomic mass is 9.88. The number of aromatic amines is 1. The third-order valence-electron chi connectivity index (χ3n) is 5.96. The summed E-state index contributed by atoms with van der Waals surface area (Å²) in [5.41, 5.74) is 6.14. The Hall–Kier alpha value is -2.09. The number of nitrogens with zero attached hydrogens (tertiary/aromatic N) is 3. The van der Waals surface area contributed by atoms with E-state index in [0.717, 1.165) is 55.6 Å². The molecular formula is C27H45N5OS. The number of likely N-dealkylation sites (tertiary alicyclic amines) is 1. The minimum Gasteiger partial charge on any atom is -0.371 e. The molecule has 1 aliphatic heterocycles. The molecule has 34 heavy (non-hydrogen) atoms. The summed E-state index contributed by atoms with van der Waals surface area (Å²) in [4.78, 5) is 25.5. The number of thiol groups is 1. The molecule has 0 atom stereocenters. The molecule has 0 unspecified atom stereocenters. The summed E-state index contributed by atoms with van der Waals surface area (Å²) in [6.45, 7) is 12.5. The highest BCUT2D eigenvalue weighted by atomic mass is 32.1. The molecule has 0 amide bonds. The summed E-state index contributed by atoms with van der Waals surface area (Å²) in [5, 5.41) is 4.19. The average molecular weight is 488 g/mol. The van der Waals surface area contributed by atoms with Gasteiger partial charge in [-0.3, -0.25) is 9.93 Å². The van der Waals surface area contributed by atoms with Crippen LogP contribution in [0.2, 0.25) is 0 Å². The minimum absolute atomic E-state index is 0.0771. The zero-order chi connectivity index (χ0) is 25.8. The van der Waals surface area contributed by atoms with Gasteiger partial charge in [0.2, 0.25) is 0 Å². The van der Waals surface area contributed by atoms with E-state index >= 15 is 0 Å². The molecule has 1 fully saturated rings. The van der Waals surface area contributed by atoms with Crippen LogP contribution in [-0.4, -0.2) is 49.1 Å². The second-order valence-corrected chi connectivity index (χ2v) is 8.65. The minimum atomic E-state index is -0.0771. The molecule has 0 spiro atoms. The second kappa shape index (κ2) is 15.0. The van der Waals surface area contributed by atoms with Crippen LogP contribution in [0.5, 0.6) is 0 Å². The fraction of sp³-hybridized carbons (Fsp3) is 0.556. The molecule has 3 rings (SSSR count). The molecule has 190 valence electrons. The fourth-order valence-corrected chi connectivity index (χ4v) is 4.37. The van der Waals surface area contributed by atoms with Gasteiger partial charge in [0.15, 0.2) is 0 Å². The van der Waals surface area contributed by atoms with Crippen LogP contribution in [0.3, 0.4) is 0 Å². The number of aromatic nitrogens is 2. The Balaban J connectivity index is 0.00000137. The third-order valence-corrected chi connectivity index (χ3v) is 5.96. The van der Waals surface area contributed by atoms with E-state index in [1.807, 2.05) is 39.8 Å². The van der Waals surface area contributed by atoms with Gasteiger partial charge >= 0.3 is 0 Å². The Kier molecular flexibility index (Phi) is 13.2. The van der Waals surface area contributed by atoms with Crippen molar-refractivity contribution in [2.24, 2.45) is 5.14 Å². The predicted octanol–water partition coefficient (Wildman–Crippen LogP) is 5.50. The summed E-state index contributed by atoms with van der Waals surface area (Å²) in [7, 11) is 5.97. The van der Waals surface area contributed by atoms with Crippen molar-refractivity contribution >= 4 is 24.1 Å². The first kappa shape index (κ1) is 29.9. The van der Waals surface area contributed by atoms with Crippen LogP contribution in [0, 0.1) is 0 Å².